The molecular formula is C13H16ClN3O3S. The zero-order valence-corrected chi connectivity index (χ0v) is 13.3. The summed E-state index contributed by atoms with van der Waals surface area (Å²) in [6.45, 7) is 2.07. The number of nitrogens with zero attached hydrogens (tertiary/aromatic N) is 1. The number of halogens is 1. The average Bonchev–Trinajstić information content (AvgIpc) is 2.77. The van der Waals surface area contributed by atoms with Crippen molar-refractivity contribution in [2.75, 3.05) is 6.26 Å². The second-order valence-electron chi connectivity index (χ2n) is 4.48. The first-order valence-electron chi connectivity index (χ1n) is 6.33. The molecular weight excluding hydrogens is 314 g/mol. The smallest absolute Gasteiger partial charge is 0.218 e. The summed E-state index contributed by atoms with van der Waals surface area (Å²) in [4.78, 5) is 0. The van der Waals surface area contributed by atoms with Crippen molar-refractivity contribution in [3.63, 3.8) is 0 Å². The van der Waals surface area contributed by atoms with Crippen molar-refractivity contribution in [1.29, 1.82) is 0 Å². The van der Waals surface area contributed by atoms with Gasteiger partial charge in [0.2, 0.25) is 15.9 Å². The minimum absolute atomic E-state index is 0.122. The van der Waals surface area contributed by atoms with Gasteiger partial charge in [-0.05, 0) is 24.6 Å². The standard InChI is InChI=1S/C13H16ClN3O3S/c1-3-11-12(8-15-21(2,18)19)16-17-13(11)20-10-6-4-5-9(14)7-10/h4-7,15H,3,8H2,1-2H3,(H,16,17). The Hall–Kier alpha value is -1.57. The lowest BCUT2D eigenvalue weighted by atomic mass is 10.2. The predicted molar refractivity (Wildman–Crippen MR) is 81.2 cm³/mol. The van der Waals surface area contributed by atoms with Crippen molar-refractivity contribution in [3.8, 4) is 11.6 Å². The molecule has 2 aromatic rings. The van der Waals surface area contributed by atoms with Crippen LogP contribution in [0.1, 0.15) is 18.2 Å². The number of sulfonamides is 1. The maximum atomic E-state index is 11.1. The van der Waals surface area contributed by atoms with Crippen molar-refractivity contribution in [1.82, 2.24) is 14.9 Å². The van der Waals surface area contributed by atoms with Crippen LogP contribution < -0.4 is 9.46 Å². The molecule has 0 fully saturated rings. The molecule has 114 valence electrons. The van der Waals surface area contributed by atoms with E-state index in [4.69, 9.17) is 16.3 Å². The van der Waals surface area contributed by atoms with Gasteiger partial charge < -0.3 is 4.74 Å². The Morgan fingerprint density at radius 3 is 2.81 bits per heavy atom. The number of nitrogens with one attached hydrogen (secondary N) is 2. The van der Waals surface area contributed by atoms with Gasteiger partial charge in [-0.1, -0.05) is 24.6 Å². The van der Waals surface area contributed by atoms with E-state index in [9.17, 15) is 8.42 Å². The highest BCUT2D eigenvalue weighted by Crippen LogP contribution is 2.27. The highest BCUT2D eigenvalue weighted by Gasteiger charge is 2.15. The predicted octanol–water partition coefficient (Wildman–Crippen LogP) is 2.47. The van der Waals surface area contributed by atoms with Crippen LogP contribution in [0.15, 0.2) is 24.3 Å². The molecule has 21 heavy (non-hydrogen) atoms. The average molecular weight is 330 g/mol. The van der Waals surface area contributed by atoms with Crippen LogP contribution in [0.5, 0.6) is 11.6 Å². The zero-order valence-electron chi connectivity index (χ0n) is 11.7. The summed E-state index contributed by atoms with van der Waals surface area (Å²) in [5.74, 6) is 1.08. The van der Waals surface area contributed by atoms with Crippen molar-refractivity contribution in [3.05, 3.63) is 40.5 Å². The van der Waals surface area contributed by atoms with Gasteiger partial charge in [-0.2, -0.15) is 5.10 Å². The lowest BCUT2D eigenvalue weighted by molar-refractivity contribution is 0.456. The molecule has 1 aromatic carbocycles. The molecule has 0 amide bonds. The number of H-pyrrole nitrogens is 1. The molecule has 1 aromatic heterocycles. The number of benzene rings is 1. The summed E-state index contributed by atoms with van der Waals surface area (Å²) in [6.07, 6.45) is 1.77. The third-order valence-electron chi connectivity index (χ3n) is 2.79. The van der Waals surface area contributed by atoms with Gasteiger partial charge in [0.25, 0.3) is 0 Å². The van der Waals surface area contributed by atoms with Crippen LogP contribution in [-0.2, 0) is 23.0 Å². The van der Waals surface area contributed by atoms with Gasteiger partial charge in [0.05, 0.1) is 18.5 Å². The molecule has 2 N–H and O–H groups in total. The lowest BCUT2D eigenvalue weighted by Crippen LogP contribution is -2.22. The minimum atomic E-state index is -3.26. The Kier molecular flexibility index (Phi) is 4.87. The molecule has 0 spiro atoms. The number of hydrogen-bond acceptors (Lipinski definition) is 4. The van der Waals surface area contributed by atoms with E-state index in [0.29, 0.717) is 28.8 Å². The molecule has 6 nitrogen and oxygen atoms in total. The van der Waals surface area contributed by atoms with Crippen molar-refractivity contribution in [2.45, 2.75) is 19.9 Å². The van der Waals surface area contributed by atoms with E-state index in [0.717, 1.165) is 11.8 Å². The van der Waals surface area contributed by atoms with Crippen LogP contribution in [0.4, 0.5) is 0 Å². The second kappa shape index (κ2) is 6.46. The Bertz CT molecular complexity index is 728. The summed E-state index contributed by atoms with van der Waals surface area (Å²) in [7, 11) is -3.26. The molecule has 2 rings (SSSR count). The van der Waals surface area contributed by atoms with Crippen molar-refractivity contribution < 1.29 is 13.2 Å². The lowest BCUT2D eigenvalue weighted by Gasteiger charge is -2.06. The van der Waals surface area contributed by atoms with Crippen molar-refractivity contribution in [2.24, 2.45) is 0 Å². The third kappa shape index (κ3) is 4.45. The Morgan fingerprint density at radius 2 is 2.19 bits per heavy atom. The van der Waals surface area contributed by atoms with E-state index < -0.39 is 10.0 Å². The normalized spacial score (nSPS) is 11.6. The third-order valence-corrected chi connectivity index (χ3v) is 3.69. The molecule has 1 heterocycles. The Morgan fingerprint density at radius 1 is 1.43 bits per heavy atom. The fraction of sp³-hybridized carbons (Fsp3) is 0.308. The van der Waals surface area contributed by atoms with Gasteiger partial charge in [0.1, 0.15) is 5.75 Å². The van der Waals surface area contributed by atoms with Gasteiger partial charge in [-0.15, -0.1) is 0 Å². The van der Waals surface area contributed by atoms with E-state index in [1.807, 2.05) is 6.92 Å². The van der Waals surface area contributed by atoms with Crippen LogP contribution in [-0.4, -0.2) is 24.9 Å². The van der Waals surface area contributed by atoms with Gasteiger partial charge in [0, 0.05) is 10.6 Å². The highest BCUT2D eigenvalue weighted by molar-refractivity contribution is 7.88. The summed E-state index contributed by atoms with van der Waals surface area (Å²) in [5, 5.41) is 7.45. The number of aromatic nitrogens is 2. The summed E-state index contributed by atoms with van der Waals surface area (Å²) in [5.41, 5.74) is 1.44. The highest BCUT2D eigenvalue weighted by atomic mass is 35.5. The first kappa shape index (κ1) is 15.8. The van der Waals surface area contributed by atoms with Crippen molar-refractivity contribution >= 4 is 21.6 Å². The van der Waals surface area contributed by atoms with Gasteiger partial charge in [-0.25, -0.2) is 18.2 Å². The van der Waals surface area contributed by atoms with E-state index in [-0.39, 0.29) is 6.54 Å². The number of hydrogen-bond donors (Lipinski definition) is 2. The summed E-state index contributed by atoms with van der Waals surface area (Å²) in [6, 6.07) is 7.01. The van der Waals surface area contributed by atoms with Crippen LogP contribution in [0.2, 0.25) is 5.02 Å². The molecule has 0 bridgehead atoms. The fourth-order valence-electron chi connectivity index (χ4n) is 1.83. The SMILES string of the molecule is CCc1c(CNS(C)(=O)=O)n[nH]c1Oc1cccc(Cl)c1. The number of rotatable bonds is 6. The monoisotopic (exact) mass is 329 g/mol. The minimum Gasteiger partial charge on any atom is -0.439 e. The molecule has 0 aliphatic carbocycles. The molecule has 0 atom stereocenters. The molecule has 0 saturated carbocycles. The molecule has 0 unspecified atom stereocenters. The van der Waals surface area contributed by atoms with Gasteiger partial charge in [0.15, 0.2) is 0 Å². The Labute approximate surface area is 128 Å². The number of ether oxygens (including phenoxy) is 1. The zero-order chi connectivity index (χ0) is 15.5. The van der Waals surface area contributed by atoms with E-state index in [1.54, 1.807) is 24.3 Å². The Balaban J connectivity index is 2.19. The first-order valence-corrected chi connectivity index (χ1v) is 8.60. The maximum Gasteiger partial charge on any atom is 0.218 e. The van der Waals surface area contributed by atoms with Crippen LogP contribution in [0, 0.1) is 0 Å². The van der Waals surface area contributed by atoms with E-state index in [1.165, 1.54) is 0 Å². The van der Waals surface area contributed by atoms with E-state index in [2.05, 4.69) is 14.9 Å². The topological polar surface area (TPSA) is 84.1 Å². The molecule has 0 radical (unpaired) electrons. The van der Waals surface area contributed by atoms with Gasteiger partial charge in [-0.3, -0.25) is 0 Å². The van der Waals surface area contributed by atoms with E-state index >= 15 is 0 Å². The quantitative estimate of drug-likeness (QED) is 0.852. The largest absolute Gasteiger partial charge is 0.439 e. The van der Waals surface area contributed by atoms with Crippen LogP contribution in [0.25, 0.3) is 0 Å². The van der Waals surface area contributed by atoms with Crippen LogP contribution in [0.3, 0.4) is 0 Å². The molecule has 0 aliphatic heterocycles. The van der Waals surface area contributed by atoms with Crippen LogP contribution >= 0.6 is 11.6 Å². The molecule has 8 heteroatoms. The maximum absolute atomic E-state index is 11.1. The van der Waals surface area contributed by atoms with Gasteiger partial charge >= 0.3 is 0 Å². The molecule has 0 saturated heterocycles. The summed E-state index contributed by atoms with van der Waals surface area (Å²) < 4.78 is 30.4. The number of aromatic amines is 1. The summed E-state index contributed by atoms with van der Waals surface area (Å²) >= 11 is 5.91. The second-order valence-corrected chi connectivity index (χ2v) is 6.75. The first-order chi connectivity index (χ1) is 9.89. The molecule has 0 aliphatic rings. The fourth-order valence-corrected chi connectivity index (χ4v) is 2.41.